The van der Waals surface area contributed by atoms with E-state index in [1.54, 1.807) is 13.8 Å². The summed E-state index contributed by atoms with van der Waals surface area (Å²) in [6, 6.07) is 7.91. The number of esters is 1. The fourth-order valence-corrected chi connectivity index (χ4v) is 2.44. The monoisotopic (exact) mass is 288 g/mol. The fourth-order valence-electron chi connectivity index (χ4n) is 2.44. The minimum atomic E-state index is -1.03. The number of rotatable bonds is 4. The van der Waals surface area contributed by atoms with Crippen molar-refractivity contribution in [3.63, 3.8) is 0 Å². The van der Waals surface area contributed by atoms with Gasteiger partial charge in [0.1, 0.15) is 5.54 Å². The first-order valence-corrected chi connectivity index (χ1v) is 6.77. The van der Waals surface area contributed by atoms with Gasteiger partial charge < -0.3 is 14.6 Å². The molecule has 112 valence electrons. The van der Waals surface area contributed by atoms with Crippen LogP contribution in [-0.2, 0) is 27.8 Å². The third-order valence-corrected chi connectivity index (χ3v) is 3.48. The van der Waals surface area contributed by atoms with Gasteiger partial charge in [-0.05, 0) is 25.5 Å². The number of nitrogens with zero attached hydrogens (tertiary/aromatic N) is 1. The minimum Gasteiger partial charge on any atom is -0.467 e. The van der Waals surface area contributed by atoms with Crippen molar-refractivity contribution in [2.24, 2.45) is 7.05 Å². The van der Waals surface area contributed by atoms with Crippen molar-refractivity contribution in [2.45, 2.75) is 25.8 Å². The first-order valence-electron chi connectivity index (χ1n) is 6.77. The standard InChI is InChI=1S/C16H20N2O3/c1-16(2,15(20)21-4)17-14(19)9-11-10-18(3)13-8-6-5-7-12(11)13/h5-8,10H,9H2,1-4H3,(H,17,19). The van der Waals surface area contributed by atoms with E-state index in [0.29, 0.717) is 0 Å². The van der Waals surface area contributed by atoms with Gasteiger partial charge in [-0.25, -0.2) is 4.79 Å². The van der Waals surface area contributed by atoms with E-state index in [9.17, 15) is 9.59 Å². The molecule has 0 saturated carbocycles. The molecule has 0 spiro atoms. The molecule has 0 atom stereocenters. The van der Waals surface area contributed by atoms with E-state index in [0.717, 1.165) is 16.5 Å². The van der Waals surface area contributed by atoms with Crippen LogP contribution in [0.3, 0.4) is 0 Å². The van der Waals surface area contributed by atoms with Crippen molar-refractivity contribution in [3.05, 3.63) is 36.0 Å². The van der Waals surface area contributed by atoms with Gasteiger partial charge in [0.25, 0.3) is 0 Å². The Bertz CT molecular complexity index is 686. The van der Waals surface area contributed by atoms with Crippen molar-refractivity contribution < 1.29 is 14.3 Å². The maximum absolute atomic E-state index is 12.2. The Labute approximate surface area is 123 Å². The summed E-state index contributed by atoms with van der Waals surface area (Å²) in [5.74, 6) is -0.671. The number of ether oxygens (including phenoxy) is 1. The van der Waals surface area contributed by atoms with Crippen LogP contribution in [0.5, 0.6) is 0 Å². The van der Waals surface area contributed by atoms with E-state index >= 15 is 0 Å². The molecule has 1 heterocycles. The van der Waals surface area contributed by atoms with Crippen LogP contribution < -0.4 is 5.32 Å². The molecule has 0 bridgehead atoms. The Morgan fingerprint density at radius 1 is 1.29 bits per heavy atom. The van der Waals surface area contributed by atoms with Crippen LogP contribution in [0.2, 0.25) is 0 Å². The van der Waals surface area contributed by atoms with Gasteiger partial charge >= 0.3 is 5.97 Å². The zero-order chi connectivity index (χ0) is 15.6. The Morgan fingerprint density at radius 2 is 1.95 bits per heavy atom. The number of para-hydroxylation sites is 1. The average molecular weight is 288 g/mol. The lowest BCUT2D eigenvalue weighted by Gasteiger charge is -2.22. The minimum absolute atomic E-state index is 0.207. The number of hydrogen-bond donors (Lipinski definition) is 1. The number of aromatic nitrogens is 1. The molecule has 1 amide bonds. The Morgan fingerprint density at radius 3 is 2.62 bits per heavy atom. The van der Waals surface area contributed by atoms with Gasteiger partial charge in [0.15, 0.2) is 0 Å². The Kier molecular flexibility index (Phi) is 4.02. The van der Waals surface area contributed by atoms with Crippen LogP contribution in [0.4, 0.5) is 0 Å². The van der Waals surface area contributed by atoms with Crippen LogP contribution in [0.25, 0.3) is 10.9 Å². The molecule has 0 saturated heterocycles. The lowest BCUT2D eigenvalue weighted by molar-refractivity contribution is -0.149. The van der Waals surface area contributed by atoms with Gasteiger partial charge in [-0.2, -0.15) is 0 Å². The van der Waals surface area contributed by atoms with E-state index in [2.05, 4.69) is 10.1 Å². The maximum atomic E-state index is 12.2. The molecular formula is C16H20N2O3. The SMILES string of the molecule is COC(=O)C(C)(C)NC(=O)Cc1cn(C)c2ccccc12. The summed E-state index contributed by atoms with van der Waals surface area (Å²) in [5.41, 5.74) is 0.981. The Hall–Kier alpha value is -2.30. The van der Waals surface area contributed by atoms with E-state index in [1.165, 1.54) is 7.11 Å². The van der Waals surface area contributed by atoms with E-state index in [-0.39, 0.29) is 12.3 Å². The molecule has 2 rings (SSSR count). The fraction of sp³-hybridized carbons (Fsp3) is 0.375. The summed E-state index contributed by atoms with van der Waals surface area (Å²) in [4.78, 5) is 23.8. The van der Waals surface area contributed by atoms with Crippen LogP contribution in [-0.4, -0.2) is 29.1 Å². The van der Waals surface area contributed by atoms with Crippen LogP contribution >= 0.6 is 0 Å². The largest absolute Gasteiger partial charge is 0.467 e. The number of fused-ring (bicyclic) bond motifs is 1. The highest BCUT2D eigenvalue weighted by molar-refractivity contribution is 5.92. The molecule has 0 aliphatic carbocycles. The average Bonchev–Trinajstić information content (AvgIpc) is 2.74. The molecule has 1 aromatic heterocycles. The number of nitrogens with one attached hydrogen (secondary N) is 1. The topological polar surface area (TPSA) is 60.3 Å². The maximum Gasteiger partial charge on any atom is 0.330 e. The van der Waals surface area contributed by atoms with Crippen molar-refractivity contribution >= 4 is 22.8 Å². The summed E-state index contributed by atoms with van der Waals surface area (Å²) < 4.78 is 6.67. The summed E-state index contributed by atoms with van der Waals surface area (Å²) in [5, 5.41) is 3.75. The van der Waals surface area contributed by atoms with Gasteiger partial charge in [0.05, 0.1) is 13.5 Å². The predicted molar refractivity (Wildman–Crippen MR) is 80.9 cm³/mol. The molecule has 0 unspecified atom stereocenters. The van der Waals surface area contributed by atoms with E-state index in [1.807, 2.05) is 42.1 Å². The number of amides is 1. The number of methoxy groups -OCH3 is 1. The molecule has 0 aliphatic heterocycles. The number of hydrogen-bond acceptors (Lipinski definition) is 3. The third kappa shape index (κ3) is 3.07. The summed E-state index contributed by atoms with van der Waals surface area (Å²) >= 11 is 0. The van der Waals surface area contributed by atoms with Gasteiger partial charge in [0.2, 0.25) is 5.91 Å². The highest BCUT2D eigenvalue weighted by atomic mass is 16.5. The summed E-state index contributed by atoms with van der Waals surface area (Å²) in [6.45, 7) is 3.25. The van der Waals surface area contributed by atoms with Gasteiger partial charge in [-0.1, -0.05) is 18.2 Å². The molecule has 1 aromatic carbocycles. The van der Waals surface area contributed by atoms with Crippen molar-refractivity contribution in [3.8, 4) is 0 Å². The Balaban J connectivity index is 2.17. The van der Waals surface area contributed by atoms with E-state index in [4.69, 9.17) is 0 Å². The van der Waals surface area contributed by atoms with Gasteiger partial charge in [-0.15, -0.1) is 0 Å². The lowest BCUT2D eigenvalue weighted by atomic mass is 10.0. The molecule has 0 aliphatic rings. The smallest absolute Gasteiger partial charge is 0.330 e. The molecule has 2 aromatic rings. The first-order chi connectivity index (χ1) is 9.85. The van der Waals surface area contributed by atoms with Crippen LogP contribution in [0, 0.1) is 0 Å². The second kappa shape index (κ2) is 5.60. The highest BCUT2D eigenvalue weighted by Gasteiger charge is 2.30. The van der Waals surface area contributed by atoms with Gasteiger partial charge in [-0.3, -0.25) is 4.79 Å². The second-order valence-electron chi connectivity index (χ2n) is 5.62. The number of carbonyl (C=O) groups is 2. The quantitative estimate of drug-likeness (QED) is 0.873. The summed E-state index contributed by atoms with van der Waals surface area (Å²) in [7, 11) is 3.25. The first kappa shape index (κ1) is 15.1. The van der Waals surface area contributed by atoms with Crippen LogP contribution in [0.15, 0.2) is 30.5 Å². The molecule has 5 heteroatoms. The van der Waals surface area contributed by atoms with Crippen LogP contribution in [0.1, 0.15) is 19.4 Å². The van der Waals surface area contributed by atoms with E-state index < -0.39 is 11.5 Å². The second-order valence-corrected chi connectivity index (χ2v) is 5.62. The van der Waals surface area contributed by atoms with Crippen molar-refractivity contribution in [2.75, 3.05) is 7.11 Å². The molecule has 21 heavy (non-hydrogen) atoms. The lowest BCUT2D eigenvalue weighted by Crippen LogP contribution is -2.50. The van der Waals surface area contributed by atoms with Crippen molar-refractivity contribution in [1.82, 2.24) is 9.88 Å². The zero-order valence-corrected chi connectivity index (χ0v) is 12.8. The molecule has 5 nitrogen and oxygen atoms in total. The van der Waals surface area contributed by atoms with Gasteiger partial charge in [0, 0.05) is 24.1 Å². The number of carbonyl (C=O) groups excluding carboxylic acids is 2. The molecular weight excluding hydrogens is 268 g/mol. The molecule has 0 radical (unpaired) electrons. The third-order valence-electron chi connectivity index (χ3n) is 3.48. The normalized spacial score (nSPS) is 11.4. The number of benzene rings is 1. The summed E-state index contributed by atoms with van der Waals surface area (Å²) in [6.07, 6.45) is 2.16. The highest BCUT2D eigenvalue weighted by Crippen LogP contribution is 2.20. The zero-order valence-electron chi connectivity index (χ0n) is 12.8. The molecule has 0 fully saturated rings. The molecule has 1 N–H and O–H groups in total. The predicted octanol–water partition coefficient (Wildman–Crippen LogP) is 1.79. The number of aryl methyl sites for hydroxylation is 1. The van der Waals surface area contributed by atoms with Crippen molar-refractivity contribution in [1.29, 1.82) is 0 Å².